The summed E-state index contributed by atoms with van der Waals surface area (Å²) < 4.78 is 13.5. The Morgan fingerprint density at radius 1 is 1.07 bits per heavy atom. The molecule has 0 saturated heterocycles. The second-order valence-corrected chi connectivity index (χ2v) is 8.09. The van der Waals surface area contributed by atoms with Crippen LogP contribution in [0.4, 0.5) is 10.1 Å². The van der Waals surface area contributed by atoms with E-state index < -0.39 is 23.3 Å². The maximum Gasteiger partial charge on any atom is 0.158 e. The molecule has 0 amide bonds. The maximum absolute atomic E-state index is 13.5. The number of anilines is 1. The van der Waals surface area contributed by atoms with E-state index in [4.69, 9.17) is 0 Å². The first-order chi connectivity index (χ1) is 13.6. The van der Waals surface area contributed by atoms with Crippen LogP contribution in [-0.2, 0) is 9.59 Å². The summed E-state index contributed by atoms with van der Waals surface area (Å²) in [6.45, 7) is 6.48. The molecule has 0 fully saturated rings. The van der Waals surface area contributed by atoms with Crippen molar-refractivity contribution >= 4 is 17.3 Å². The minimum atomic E-state index is -1.36. The lowest BCUT2D eigenvalue weighted by atomic mass is 9.64. The predicted octanol–water partition coefficient (Wildman–Crippen LogP) is 4.53. The van der Waals surface area contributed by atoms with Crippen molar-refractivity contribution in [3.05, 3.63) is 76.7 Å². The fourth-order valence-electron chi connectivity index (χ4n) is 4.33. The first kappa shape index (κ1) is 20.9. The molecule has 2 aromatic carbocycles. The van der Waals surface area contributed by atoms with E-state index in [1.807, 2.05) is 31.2 Å². The van der Waals surface area contributed by atoms with E-state index in [2.05, 4.69) is 5.32 Å². The molecule has 29 heavy (non-hydrogen) atoms. The van der Waals surface area contributed by atoms with Gasteiger partial charge in [-0.15, -0.1) is 0 Å². The highest BCUT2D eigenvalue weighted by Gasteiger charge is 2.49. The third-order valence-electron chi connectivity index (χ3n) is 5.57. The Bertz CT molecular complexity index is 959. The number of aliphatic hydroxyl groups is 1. The van der Waals surface area contributed by atoms with Gasteiger partial charge in [0, 0.05) is 29.3 Å². The van der Waals surface area contributed by atoms with Crippen LogP contribution in [0, 0.1) is 18.7 Å². The van der Waals surface area contributed by atoms with E-state index in [1.165, 1.54) is 26.0 Å². The van der Waals surface area contributed by atoms with E-state index in [1.54, 1.807) is 19.1 Å². The first-order valence-electron chi connectivity index (χ1n) is 9.66. The largest absolute Gasteiger partial charge is 0.389 e. The summed E-state index contributed by atoms with van der Waals surface area (Å²) >= 11 is 0. The standard InChI is InChI=1S/C24H26FNO3/c1-14-5-11-19(12-6-14)26-20-13-24(4,29)23(16(3)28)22(21(20)15(2)27)17-7-9-18(25)10-8-17/h5-12,22-23,26,29H,13H2,1-4H3/t22-,23+,24+/m0/s1. The van der Waals surface area contributed by atoms with Crippen LogP contribution in [0.3, 0.4) is 0 Å². The Balaban J connectivity index is 2.19. The number of carbonyl (C=O) groups is 2. The monoisotopic (exact) mass is 395 g/mol. The van der Waals surface area contributed by atoms with Gasteiger partial charge in [0.25, 0.3) is 0 Å². The molecule has 1 aliphatic rings. The number of Topliss-reactive ketones (excluding diaryl/α,β-unsaturated/α-hetero) is 2. The molecule has 3 rings (SSSR count). The molecular formula is C24H26FNO3. The van der Waals surface area contributed by atoms with Gasteiger partial charge >= 0.3 is 0 Å². The molecule has 0 aromatic heterocycles. The van der Waals surface area contributed by atoms with E-state index in [9.17, 15) is 19.1 Å². The van der Waals surface area contributed by atoms with E-state index in [-0.39, 0.29) is 18.0 Å². The fourth-order valence-corrected chi connectivity index (χ4v) is 4.33. The van der Waals surface area contributed by atoms with Gasteiger partial charge in [-0.05, 0) is 57.5 Å². The normalized spacial score (nSPS) is 24.3. The highest BCUT2D eigenvalue weighted by Crippen LogP contribution is 2.47. The van der Waals surface area contributed by atoms with E-state index >= 15 is 0 Å². The van der Waals surface area contributed by atoms with Crippen molar-refractivity contribution in [1.82, 2.24) is 0 Å². The molecule has 2 N–H and O–H groups in total. The van der Waals surface area contributed by atoms with Crippen LogP contribution in [0.1, 0.15) is 44.2 Å². The zero-order chi connectivity index (χ0) is 21.3. The number of hydrogen-bond donors (Lipinski definition) is 2. The Kier molecular flexibility index (Phi) is 5.71. The summed E-state index contributed by atoms with van der Waals surface area (Å²) in [5.74, 6) is -2.27. The lowest BCUT2D eigenvalue weighted by molar-refractivity contribution is -0.131. The molecule has 0 spiro atoms. The molecule has 0 saturated carbocycles. The second-order valence-electron chi connectivity index (χ2n) is 8.09. The molecule has 0 radical (unpaired) electrons. The van der Waals surface area contributed by atoms with Gasteiger partial charge in [0.2, 0.25) is 0 Å². The van der Waals surface area contributed by atoms with Gasteiger partial charge in [-0.25, -0.2) is 4.39 Å². The minimum Gasteiger partial charge on any atom is -0.389 e. The second kappa shape index (κ2) is 7.91. The van der Waals surface area contributed by atoms with Gasteiger partial charge < -0.3 is 10.4 Å². The van der Waals surface area contributed by atoms with Gasteiger partial charge in [0.1, 0.15) is 11.6 Å². The Hall–Kier alpha value is -2.79. The molecule has 4 nitrogen and oxygen atoms in total. The average Bonchev–Trinajstić information content (AvgIpc) is 2.62. The Morgan fingerprint density at radius 3 is 2.17 bits per heavy atom. The third-order valence-corrected chi connectivity index (χ3v) is 5.57. The van der Waals surface area contributed by atoms with Gasteiger partial charge in [0.15, 0.2) is 5.78 Å². The van der Waals surface area contributed by atoms with Crippen LogP contribution in [0.2, 0.25) is 0 Å². The van der Waals surface area contributed by atoms with Gasteiger partial charge in [-0.3, -0.25) is 9.59 Å². The summed E-state index contributed by atoms with van der Waals surface area (Å²) in [5, 5.41) is 14.5. The van der Waals surface area contributed by atoms with Crippen LogP contribution >= 0.6 is 0 Å². The molecular weight excluding hydrogens is 369 g/mol. The van der Waals surface area contributed by atoms with Crippen molar-refractivity contribution in [2.75, 3.05) is 5.32 Å². The van der Waals surface area contributed by atoms with Crippen molar-refractivity contribution in [2.45, 2.75) is 45.6 Å². The lowest BCUT2D eigenvalue weighted by Gasteiger charge is -2.43. The minimum absolute atomic E-state index is 0.137. The fraction of sp³-hybridized carbons (Fsp3) is 0.333. The van der Waals surface area contributed by atoms with Gasteiger partial charge in [-0.1, -0.05) is 29.8 Å². The van der Waals surface area contributed by atoms with Gasteiger partial charge in [-0.2, -0.15) is 0 Å². The number of benzene rings is 2. The van der Waals surface area contributed by atoms with Crippen molar-refractivity contribution in [3.63, 3.8) is 0 Å². The van der Waals surface area contributed by atoms with Crippen molar-refractivity contribution < 1.29 is 19.1 Å². The molecule has 152 valence electrons. The SMILES string of the molecule is CC(=O)C1=C(Nc2ccc(C)cc2)C[C@@](C)(O)[C@H](C(C)=O)[C@H]1c1ccc(F)cc1. The number of hydrogen-bond acceptors (Lipinski definition) is 4. The summed E-state index contributed by atoms with van der Waals surface area (Å²) in [5.41, 5.74) is 2.19. The van der Waals surface area contributed by atoms with Crippen LogP contribution in [0.15, 0.2) is 59.8 Å². The summed E-state index contributed by atoms with van der Waals surface area (Å²) in [7, 11) is 0. The van der Waals surface area contributed by atoms with Crippen LogP contribution in [0.25, 0.3) is 0 Å². The summed E-state index contributed by atoms with van der Waals surface area (Å²) in [6.07, 6.45) is 0.137. The number of halogens is 1. The zero-order valence-electron chi connectivity index (χ0n) is 17.1. The quantitative estimate of drug-likeness (QED) is 0.780. The molecule has 2 aromatic rings. The number of allylic oxidation sites excluding steroid dienone is 1. The molecule has 0 bridgehead atoms. The molecule has 3 atom stereocenters. The van der Waals surface area contributed by atoms with E-state index in [0.717, 1.165) is 11.3 Å². The predicted molar refractivity (Wildman–Crippen MR) is 111 cm³/mol. The first-order valence-corrected chi connectivity index (χ1v) is 9.66. The summed E-state index contributed by atoms with van der Waals surface area (Å²) in [6, 6.07) is 13.5. The zero-order valence-corrected chi connectivity index (χ0v) is 17.1. The van der Waals surface area contributed by atoms with Crippen molar-refractivity contribution in [3.8, 4) is 0 Å². The van der Waals surface area contributed by atoms with Crippen molar-refractivity contribution in [1.29, 1.82) is 0 Å². The molecule has 0 aliphatic heterocycles. The lowest BCUT2D eigenvalue weighted by Crippen LogP contribution is -2.48. The third kappa shape index (κ3) is 4.30. The van der Waals surface area contributed by atoms with Crippen LogP contribution in [-0.4, -0.2) is 22.3 Å². The highest BCUT2D eigenvalue weighted by atomic mass is 19.1. The van der Waals surface area contributed by atoms with Crippen LogP contribution < -0.4 is 5.32 Å². The Labute approximate surface area is 170 Å². The topological polar surface area (TPSA) is 66.4 Å². The number of rotatable bonds is 5. The molecule has 0 heterocycles. The number of nitrogens with one attached hydrogen (secondary N) is 1. The molecule has 5 heteroatoms. The Morgan fingerprint density at radius 2 is 1.66 bits per heavy atom. The average molecular weight is 395 g/mol. The van der Waals surface area contributed by atoms with Crippen molar-refractivity contribution in [2.24, 2.45) is 5.92 Å². The highest BCUT2D eigenvalue weighted by molar-refractivity contribution is 5.98. The smallest absolute Gasteiger partial charge is 0.158 e. The number of aryl methyl sites for hydroxylation is 1. The summed E-state index contributed by atoms with van der Waals surface area (Å²) in [4.78, 5) is 25.3. The molecule has 0 unspecified atom stereocenters. The number of ketones is 2. The molecule has 1 aliphatic carbocycles. The van der Waals surface area contributed by atoms with Gasteiger partial charge in [0.05, 0.1) is 11.5 Å². The van der Waals surface area contributed by atoms with E-state index in [0.29, 0.717) is 16.8 Å². The number of carbonyl (C=O) groups excluding carboxylic acids is 2. The maximum atomic E-state index is 13.5. The van der Waals surface area contributed by atoms with Crippen LogP contribution in [0.5, 0.6) is 0 Å².